The summed E-state index contributed by atoms with van der Waals surface area (Å²) in [5.74, 6) is 0.328. The first-order valence-electron chi connectivity index (χ1n) is 10.4. The number of aromatic amines is 1. The van der Waals surface area contributed by atoms with Crippen LogP contribution >= 0.6 is 0 Å². The molecule has 0 bridgehead atoms. The van der Waals surface area contributed by atoms with Crippen molar-refractivity contribution in [3.63, 3.8) is 0 Å². The van der Waals surface area contributed by atoms with Crippen molar-refractivity contribution in [1.29, 1.82) is 0 Å². The van der Waals surface area contributed by atoms with E-state index < -0.39 is 28.4 Å². The molecule has 0 aliphatic carbocycles. The number of carbonyl (C=O) groups is 1. The van der Waals surface area contributed by atoms with Crippen LogP contribution in [0.4, 0.5) is 13.2 Å². The van der Waals surface area contributed by atoms with E-state index in [0.29, 0.717) is 37.8 Å². The molecule has 1 aromatic rings. The molecule has 172 valence electrons. The second-order valence-corrected chi connectivity index (χ2v) is 8.71. The van der Waals surface area contributed by atoms with Crippen LogP contribution in [0, 0.1) is 17.3 Å². The van der Waals surface area contributed by atoms with Gasteiger partial charge in [-0.25, -0.2) is 4.79 Å². The Kier molecular flexibility index (Phi) is 9.36. The molecule has 9 heteroatoms. The summed E-state index contributed by atoms with van der Waals surface area (Å²) >= 11 is 0. The summed E-state index contributed by atoms with van der Waals surface area (Å²) in [5.41, 5.74) is -4.21. The van der Waals surface area contributed by atoms with Gasteiger partial charge in [-0.15, -0.1) is 0 Å². The maximum atomic E-state index is 12.8. The van der Waals surface area contributed by atoms with E-state index in [1.165, 1.54) is 0 Å². The second-order valence-electron chi connectivity index (χ2n) is 8.71. The standard InChI is InChI=1S/C21H33F3N2O4/c1-14(2)12-20(5,15(3)4)18(28)30-11-9-7-6-8-10-26-13-16(21(22,23)24)17(27)25-19(26)29/h13-15H,6-12H2,1-5H3,(H,25,27,29). The summed E-state index contributed by atoms with van der Waals surface area (Å²) in [5, 5.41) is 0. The Morgan fingerprint density at radius 3 is 2.23 bits per heavy atom. The van der Waals surface area contributed by atoms with Crippen molar-refractivity contribution < 1.29 is 22.7 Å². The smallest absolute Gasteiger partial charge is 0.423 e. The lowest BCUT2D eigenvalue weighted by atomic mass is 9.73. The summed E-state index contributed by atoms with van der Waals surface area (Å²) in [6, 6.07) is 0. The molecule has 0 fully saturated rings. The molecule has 30 heavy (non-hydrogen) atoms. The first-order chi connectivity index (χ1) is 13.8. The van der Waals surface area contributed by atoms with E-state index in [1.54, 1.807) is 4.98 Å². The van der Waals surface area contributed by atoms with Gasteiger partial charge in [0, 0.05) is 12.7 Å². The number of alkyl halides is 3. The third-order valence-corrected chi connectivity index (χ3v) is 5.42. The van der Waals surface area contributed by atoms with Crippen LogP contribution in [0.25, 0.3) is 0 Å². The zero-order valence-corrected chi connectivity index (χ0v) is 18.4. The molecule has 0 aromatic carbocycles. The average molecular weight is 434 g/mol. The molecule has 1 N–H and O–H groups in total. The molecule has 0 saturated carbocycles. The van der Waals surface area contributed by atoms with E-state index in [-0.39, 0.29) is 25.0 Å². The summed E-state index contributed by atoms with van der Waals surface area (Å²) < 4.78 is 44.7. The molecular weight excluding hydrogens is 401 g/mol. The quantitative estimate of drug-likeness (QED) is 0.414. The van der Waals surface area contributed by atoms with Crippen LogP contribution in [0.2, 0.25) is 0 Å². The molecule has 0 aliphatic heterocycles. The number of ether oxygens (including phenoxy) is 1. The van der Waals surface area contributed by atoms with Crippen molar-refractivity contribution in [2.24, 2.45) is 17.3 Å². The third kappa shape index (κ3) is 7.32. The minimum Gasteiger partial charge on any atom is -0.465 e. The topological polar surface area (TPSA) is 81.2 Å². The molecule has 0 saturated heterocycles. The van der Waals surface area contributed by atoms with Crippen LogP contribution in [0.15, 0.2) is 15.8 Å². The van der Waals surface area contributed by atoms with E-state index in [4.69, 9.17) is 4.74 Å². The number of hydrogen-bond donors (Lipinski definition) is 1. The fraction of sp³-hybridized carbons (Fsp3) is 0.762. The zero-order chi connectivity index (χ0) is 23.1. The highest BCUT2D eigenvalue weighted by Crippen LogP contribution is 2.35. The first-order valence-corrected chi connectivity index (χ1v) is 10.4. The van der Waals surface area contributed by atoms with Crippen molar-refractivity contribution in [2.75, 3.05) is 6.61 Å². The SMILES string of the molecule is CC(C)CC(C)(C(=O)OCCCCCCn1cc(C(F)(F)F)c(=O)[nH]c1=O)C(C)C. The molecular formula is C21H33F3N2O4. The zero-order valence-electron chi connectivity index (χ0n) is 18.4. The number of aromatic nitrogens is 2. The monoisotopic (exact) mass is 434 g/mol. The molecule has 0 amide bonds. The summed E-state index contributed by atoms with van der Waals surface area (Å²) in [6.45, 7) is 10.4. The van der Waals surface area contributed by atoms with Gasteiger partial charge in [-0.3, -0.25) is 19.1 Å². The summed E-state index contributed by atoms with van der Waals surface area (Å²) in [7, 11) is 0. The molecule has 1 atom stereocenters. The van der Waals surface area contributed by atoms with Gasteiger partial charge in [0.25, 0.3) is 5.56 Å². The van der Waals surface area contributed by atoms with Gasteiger partial charge >= 0.3 is 17.8 Å². The lowest BCUT2D eigenvalue weighted by Crippen LogP contribution is -2.36. The number of carbonyl (C=O) groups excluding carboxylic acids is 1. The number of nitrogens with one attached hydrogen (secondary N) is 1. The van der Waals surface area contributed by atoms with Gasteiger partial charge in [0.15, 0.2) is 0 Å². The Balaban J connectivity index is 2.45. The van der Waals surface area contributed by atoms with Gasteiger partial charge in [0.05, 0.1) is 12.0 Å². The van der Waals surface area contributed by atoms with Crippen molar-refractivity contribution >= 4 is 5.97 Å². The van der Waals surface area contributed by atoms with Crippen molar-refractivity contribution in [2.45, 2.75) is 79.4 Å². The van der Waals surface area contributed by atoms with Gasteiger partial charge in [0.1, 0.15) is 5.56 Å². The van der Waals surface area contributed by atoms with Gasteiger partial charge in [0.2, 0.25) is 0 Å². The van der Waals surface area contributed by atoms with Crippen LogP contribution in [0.5, 0.6) is 0 Å². The number of esters is 1. The van der Waals surface area contributed by atoms with Crippen LogP contribution in [0.3, 0.4) is 0 Å². The number of H-pyrrole nitrogens is 1. The van der Waals surface area contributed by atoms with E-state index in [9.17, 15) is 27.6 Å². The summed E-state index contributed by atoms with van der Waals surface area (Å²) in [6.07, 6.45) is -1.04. The maximum Gasteiger partial charge on any atom is 0.423 e. The fourth-order valence-corrected chi connectivity index (χ4v) is 3.35. The van der Waals surface area contributed by atoms with Crippen LogP contribution in [-0.4, -0.2) is 22.1 Å². The fourth-order valence-electron chi connectivity index (χ4n) is 3.35. The molecule has 0 spiro atoms. The molecule has 1 heterocycles. The number of hydrogen-bond acceptors (Lipinski definition) is 4. The maximum absolute atomic E-state index is 12.8. The minimum absolute atomic E-state index is 0.0677. The Hall–Kier alpha value is -2.06. The van der Waals surface area contributed by atoms with Gasteiger partial charge < -0.3 is 4.74 Å². The molecule has 1 aromatic heterocycles. The van der Waals surface area contributed by atoms with Gasteiger partial charge in [-0.1, -0.05) is 34.1 Å². The van der Waals surface area contributed by atoms with Crippen molar-refractivity contribution in [3.8, 4) is 0 Å². The minimum atomic E-state index is -4.81. The van der Waals surface area contributed by atoms with Crippen LogP contribution in [-0.2, 0) is 22.3 Å². The lowest BCUT2D eigenvalue weighted by Gasteiger charge is -2.32. The molecule has 1 rings (SSSR count). The Morgan fingerprint density at radius 1 is 1.10 bits per heavy atom. The van der Waals surface area contributed by atoms with Gasteiger partial charge in [-0.05, 0) is 44.4 Å². The van der Waals surface area contributed by atoms with Gasteiger partial charge in [-0.2, -0.15) is 13.2 Å². The Labute approximate surface area is 174 Å². The lowest BCUT2D eigenvalue weighted by molar-refractivity contribution is -0.159. The average Bonchev–Trinajstić information content (AvgIpc) is 2.60. The molecule has 0 radical (unpaired) electrons. The van der Waals surface area contributed by atoms with Crippen LogP contribution < -0.4 is 11.2 Å². The van der Waals surface area contributed by atoms with E-state index >= 15 is 0 Å². The number of unbranched alkanes of at least 4 members (excludes halogenated alkanes) is 3. The summed E-state index contributed by atoms with van der Waals surface area (Å²) in [4.78, 5) is 37.2. The Bertz CT molecular complexity index is 812. The molecule has 0 aliphatic rings. The number of rotatable bonds is 11. The number of nitrogens with zero attached hydrogens (tertiary/aromatic N) is 1. The highest BCUT2D eigenvalue weighted by molar-refractivity contribution is 5.76. The van der Waals surface area contributed by atoms with Crippen LogP contribution in [0.1, 0.15) is 72.3 Å². The van der Waals surface area contributed by atoms with E-state index in [1.807, 2.05) is 20.8 Å². The highest BCUT2D eigenvalue weighted by atomic mass is 19.4. The molecule has 6 nitrogen and oxygen atoms in total. The predicted octanol–water partition coefficient (Wildman–Crippen LogP) is 4.37. The third-order valence-electron chi connectivity index (χ3n) is 5.42. The number of halogens is 3. The number of aryl methyl sites for hydroxylation is 1. The van der Waals surface area contributed by atoms with Crippen molar-refractivity contribution in [3.05, 3.63) is 32.6 Å². The Morgan fingerprint density at radius 2 is 1.70 bits per heavy atom. The normalized spacial score (nSPS) is 14.2. The van der Waals surface area contributed by atoms with E-state index in [2.05, 4.69) is 13.8 Å². The largest absolute Gasteiger partial charge is 0.465 e. The first kappa shape index (κ1) is 26.0. The second kappa shape index (κ2) is 10.8. The van der Waals surface area contributed by atoms with E-state index in [0.717, 1.165) is 11.0 Å². The highest BCUT2D eigenvalue weighted by Gasteiger charge is 2.38. The molecule has 1 unspecified atom stereocenters. The van der Waals surface area contributed by atoms with Crippen molar-refractivity contribution in [1.82, 2.24) is 9.55 Å². The predicted molar refractivity (Wildman–Crippen MR) is 108 cm³/mol.